The molecule has 5 nitrogen and oxygen atoms in total. The predicted molar refractivity (Wildman–Crippen MR) is 90.1 cm³/mol. The number of nitrogens with zero attached hydrogens (tertiary/aromatic N) is 2. The highest BCUT2D eigenvalue weighted by molar-refractivity contribution is 9.10. The minimum Gasteiger partial charge on any atom is -0.497 e. The Morgan fingerprint density at radius 1 is 1.38 bits per heavy atom. The lowest BCUT2D eigenvalue weighted by molar-refractivity contribution is 0.414. The smallest absolute Gasteiger partial charge is 0.228 e. The van der Waals surface area contributed by atoms with Crippen molar-refractivity contribution in [3.8, 4) is 5.75 Å². The van der Waals surface area contributed by atoms with Crippen LogP contribution in [-0.2, 0) is 10.8 Å². The average Bonchev–Trinajstić information content (AvgIpc) is 2.48. The average molecular weight is 388 g/mol. The number of methoxy groups -OCH3 is 1. The van der Waals surface area contributed by atoms with E-state index in [0.717, 1.165) is 16.3 Å². The summed E-state index contributed by atoms with van der Waals surface area (Å²) in [4.78, 5) is 9.50. The highest BCUT2D eigenvalue weighted by Crippen LogP contribution is 2.28. The molecule has 2 aromatic rings. The summed E-state index contributed by atoms with van der Waals surface area (Å²) in [6, 6.07) is 5.78. The minimum atomic E-state index is -1.19. The molecule has 0 radical (unpaired) electrons. The van der Waals surface area contributed by atoms with Crippen LogP contribution in [-0.4, -0.2) is 33.8 Å². The van der Waals surface area contributed by atoms with Gasteiger partial charge in [-0.3, -0.25) is 4.21 Å². The number of nitrogens with one attached hydrogen (secondary N) is 1. The normalized spacial score (nSPS) is 12.0. The van der Waals surface area contributed by atoms with Gasteiger partial charge in [0.25, 0.3) is 0 Å². The van der Waals surface area contributed by atoms with Crippen LogP contribution in [0, 0.1) is 0 Å². The second kappa shape index (κ2) is 7.24. The quantitative estimate of drug-likeness (QED) is 0.625. The van der Waals surface area contributed by atoms with Crippen LogP contribution in [0.5, 0.6) is 5.75 Å². The summed E-state index contributed by atoms with van der Waals surface area (Å²) in [6.07, 6.45) is 5.16. The number of thioether (sulfide) groups is 1. The molecule has 1 N–H and O–H groups in total. The molecule has 0 amide bonds. The van der Waals surface area contributed by atoms with Gasteiger partial charge in [-0.05, 0) is 34.3 Å². The molecule has 21 heavy (non-hydrogen) atoms. The van der Waals surface area contributed by atoms with Crippen LogP contribution in [0.1, 0.15) is 0 Å². The summed E-state index contributed by atoms with van der Waals surface area (Å²) in [7, 11) is 0.435. The van der Waals surface area contributed by atoms with Gasteiger partial charge in [-0.2, -0.15) is 0 Å². The number of hydrogen-bond acceptors (Lipinski definition) is 6. The van der Waals surface area contributed by atoms with Gasteiger partial charge in [-0.15, -0.1) is 11.8 Å². The minimum absolute atomic E-state index is 0.392. The third-order valence-corrected chi connectivity index (χ3v) is 5.00. The van der Waals surface area contributed by atoms with Crippen LogP contribution in [0.15, 0.2) is 38.8 Å². The SMILES string of the molecule is COc1cc(Nc2ncc(Br)c(S(C)=O)n2)cc(SC)c1. The van der Waals surface area contributed by atoms with E-state index in [9.17, 15) is 4.21 Å². The first-order valence-electron chi connectivity index (χ1n) is 5.89. The van der Waals surface area contributed by atoms with Crippen molar-refractivity contribution >= 4 is 50.1 Å². The summed E-state index contributed by atoms with van der Waals surface area (Å²) in [5.41, 5.74) is 0.814. The van der Waals surface area contributed by atoms with Gasteiger partial charge in [-0.25, -0.2) is 9.97 Å². The topological polar surface area (TPSA) is 64.1 Å². The van der Waals surface area contributed by atoms with E-state index in [0.29, 0.717) is 15.4 Å². The molecule has 0 bridgehead atoms. The Balaban J connectivity index is 2.33. The van der Waals surface area contributed by atoms with Crippen molar-refractivity contribution < 1.29 is 8.95 Å². The third-order valence-electron chi connectivity index (χ3n) is 2.59. The molecule has 2 rings (SSSR count). The van der Waals surface area contributed by atoms with E-state index in [-0.39, 0.29) is 0 Å². The third kappa shape index (κ3) is 4.18. The molecule has 112 valence electrons. The molecule has 0 aliphatic carbocycles. The zero-order chi connectivity index (χ0) is 15.4. The van der Waals surface area contributed by atoms with Gasteiger partial charge in [0.15, 0.2) is 0 Å². The van der Waals surface area contributed by atoms with Gasteiger partial charge >= 0.3 is 0 Å². The summed E-state index contributed by atoms with van der Waals surface area (Å²) in [5, 5.41) is 3.56. The molecule has 0 saturated carbocycles. The van der Waals surface area contributed by atoms with Crippen molar-refractivity contribution in [2.75, 3.05) is 24.9 Å². The first-order valence-corrected chi connectivity index (χ1v) is 9.47. The number of benzene rings is 1. The van der Waals surface area contributed by atoms with E-state index in [1.54, 1.807) is 31.3 Å². The molecule has 0 fully saturated rings. The maximum atomic E-state index is 11.6. The fourth-order valence-electron chi connectivity index (χ4n) is 1.62. The van der Waals surface area contributed by atoms with E-state index in [1.807, 2.05) is 24.5 Å². The summed E-state index contributed by atoms with van der Waals surface area (Å²) in [6.45, 7) is 0. The number of ether oxygens (including phenoxy) is 1. The van der Waals surface area contributed by atoms with E-state index < -0.39 is 10.8 Å². The second-order valence-corrected chi connectivity index (χ2v) is 7.06. The first kappa shape index (κ1) is 16.3. The van der Waals surface area contributed by atoms with Crippen LogP contribution < -0.4 is 10.1 Å². The van der Waals surface area contributed by atoms with Crippen LogP contribution in [0.25, 0.3) is 0 Å². The molecular formula is C13H14BrN3O2S2. The standard InChI is InChI=1S/C13H14BrN3O2S2/c1-19-9-4-8(5-10(6-9)20-2)16-13-15-7-11(14)12(17-13)21(3)18/h4-7H,1-3H3,(H,15,16,17). The number of anilines is 2. The molecule has 0 aliphatic rings. The Kier molecular flexibility index (Phi) is 5.60. The summed E-state index contributed by atoms with van der Waals surface area (Å²) < 4.78 is 17.5. The zero-order valence-electron chi connectivity index (χ0n) is 11.7. The van der Waals surface area contributed by atoms with Crippen molar-refractivity contribution in [1.29, 1.82) is 0 Å². The van der Waals surface area contributed by atoms with Gasteiger partial charge < -0.3 is 10.1 Å². The molecule has 1 heterocycles. The maximum absolute atomic E-state index is 11.6. The van der Waals surface area contributed by atoms with E-state index in [1.165, 1.54) is 0 Å². The van der Waals surface area contributed by atoms with E-state index >= 15 is 0 Å². The monoisotopic (exact) mass is 387 g/mol. The molecular weight excluding hydrogens is 374 g/mol. The molecule has 1 unspecified atom stereocenters. The van der Waals surface area contributed by atoms with Crippen LogP contribution >= 0.6 is 27.7 Å². The van der Waals surface area contributed by atoms with Crippen molar-refractivity contribution in [3.05, 3.63) is 28.9 Å². The van der Waals surface area contributed by atoms with Gasteiger partial charge in [0.2, 0.25) is 5.95 Å². The van der Waals surface area contributed by atoms with E-state index in [4.69, 9.17) is 4.74 Å². The number of halogens is 1. The molecule has 1 aromatic carbocycles. The predicted octanol–water partition coefficient (Wildman–Crippen LogP) is 3.45. The largest absolute Gasteiger partial charge is 0.497 e. The highest BCUT2D eigenvalue weighted by Gasteiger charge is 2.09. The van der Waals surface area contributed by atoms with Crippen molar-refractivity contribution in [2.45, 2.75) is 9.92 Å². The van der Waals surface area contributed by atoms with Crippen LogP contribution in [0.2, 0.25) is 0 Å². The molecule has 1 aromatic heterocycles. The Labute approximate surface area is 138 Å². The lowest BCUT2D eigenvalue weighted by Gasteiger charge is -2.10. The molecule has 0 spiro atoms. The number of rotatable bonds is 5. The Hall–Kier alpha value is -1.12. The molecule has 0 saturated heterocycles. The van der Waals surface area contributed by atoms with Crippen molar-refractivity contribution in [2.24, 2.45) is 0 Å². The zero-order valence-corrected chi connectivity index (χ0v) is 14.9. The Bertz CT molecular complexity index is 660. The van der Waals surface area contributed by atoms with Gasteiger partial charge in [0.05, 0.1) is 22.4 Å². The van der Waals surface area contributed by atoms with Crippen molar-refractivity contribution in [3.63, 3.8) is 0 Å². The van der Waals surface area contributed by atoms with Crippen LogP contribution in [0.4, 0.5) is 11.6 Å². The Morgan fingerprint density at radius 3 is 2.76 bits per heavy atom. The van der Waals surface area contributed by atoms with Gasteiger partial charge in [0, 0.05) is 29.1 Å². The number of hydrogen-bond donors (Lipinski definition) is 1. The number of aromatic nitrogens is 2. The molecule has 8 heteroatoms. The van der Waals surface area contributed by atoms with Crippen LogP contribution in [0.3, 0.4) is 0 Å². The van der Waals surface area contributed by atoms with E-state index in [2.05, 4.69) is 31.2 Å². The maximum Gasteiger partial charge on any atom is 0.228 e. The molecule has 0 aliphatic heterocycles. The first-order chi connectivity index (χ1) is 10.0. The fourth-order valence-corrected chi connectivity index (χ4v) is 3.52. The fraction of sp³-hybridized carbons (Fsp3) is 0.231. The summed E-state index contributed by atoms with van der Waals surface area (Å²) in [5.74, 6) is 1.14. The summed E-state index contributed by atoms with van der Waals surface area (Å²) >= 11 is 4.91. The second-order valence-electron chi connectivity index (χ2n) is 4.03. The Morgan fingerprint density at radius 2 is 2.14 bits per heavy atom. The van der Waals surface area contributed by atoms with Crippen molar-refractivity contribution in [1.82, 2.24) is 9.97 Å². The lowest BCUT2D eigenvalue weighted by Crippen LogP contribution is -2.02. The highest BCUT2D eigenvalue weighted by atomic mass is 79.9. The molecule has 1 atom stereocenters. The van der Waals surface area contributed by atoms with Gasteiger partial charge in [0.1, 0.15) is 10.8 Å². The lowest BCUT2D eigenvalue weighted by atomic mass is 10.3. The van der Waals surface area contributed by atoms with Gasteiger partial charge in [-0.1, -0.05) is 0 Å².